The molecule has 2 aliphatic rings. The van der Waals surface area contributed by atoms with Gasteiger partial charge in [-0.3, -0.25) is 9.69 Å². The van der Waals surface area contributed by atoms with Gasteiger partial charge in [0.25, 0.3) is 0 Å². The molecule has 1 amide bonds. The van der Waals surface area contributed by atoms with E-state index in [9.17, 15) is 9.18 Å². The van der Waals surface area contributed by atoms with Crippen molar-refractivity contribution in [2.75, 3.05) is 37.3 Å². The summed E-state index contributed by atoms with van der Waals surface area (Å²) in [6, 6.07) is 7.97. The standard InChI is InChI=1S/C28H37ClFN7OS/c1-28(6-7-28)16-37(10-9-33-2)20-11-17(12-20)27(38)36-25-14-19(5-8-34-25)35-24(26(32)39)15-23(31)21-13-18(29)3-4-22(21)30/h3-5,8,13-15,17,20,33,39H,6-7,9-12,16,31-32H2,1-2H3,(H2,34,35,36,38)/b23-15-,26-24-. The molecule has 0 atom stereocenters. The van der Waals surface area contributed by atoms with Crippen molar-refractivity contribution in [2.24, 2.45) is 22.8 Å². The number of nitrogens with two attached hydrogens (primary N) is 2. The molecule has 0 saturated heterocycles. The zero-order chi connectivity index (χ0) is 28.2. The minimum atomic E-state index is -0.510. The third kappa shape index (κ3) is 7.88. The van der Waals surface area contributed by atoms with Crippen molar-refractivity contribution >= 4 is 47.3 Å². The molecule has 1 aromatic carbocycles. The Kier molecular flexibility index (Phi) is 9.43. The van der Waals surface area contributed by atoms with Crippen molar-refractivity contribution in [2.45, 2.75) is 38.6 Å². The molecule has 1 aromatic heterocycles. The predicted octanol–water partition coefficient (Wildman–Crippen LogP) is 4.38. The highest BCUT2D eigenvalue weighted by Crippen LogP contribution is 2.47. The molecule has 2 aliphatic carbocycles. The van der Waals surface area contributed by atoms with Gasteiger partial charge in [-0.25, -0.2) is 9.37 Å². The Morgan fingerprint density at radius 3 is 2.67 bits per heavy atom. The molecule has 0 radical (unpaired) electrons. The van der Waals surface area contributed by atoms with Gasteiger partial charge < -0.3 is 27.4 Å². The highest BCUT2D eigenvalue weighted by Gasteiger charge is 2.44. The molecule has 0 unspecified atom stereocenters. The number of pyridine rings is 1. The van der Waals surface area contributed by atoms with Gasteiger partial charge in [-0.1, -0.05) is 18.5 Å². The van der Waals surface area contributed by atoms with Crippen LogP contribution in [0, 0.1) is 17.2 Å². The van der Waals surface area contributed by atoms with Gasteiger partial charge in [0.1, 0.15) is 11.6 Å². The molecule has 2 aromatic rings. The van der Waals surface area contributed by atoms with Crippen molar-refractivity contribution in [1.29, 1.82) is 0 Å². The summed E-state index contributed by atoms with van der Waals surface area (Å²) in [5, 5.41) is 9.80. The molecular weight excluding hydrogens is 537 g/mol. The fraction of sp³-hybridized carbons (Fsp3) is 0.429. The van der Waals surface area contributed by atoms with Crippen LogP contribution in [0.1, 0.15) is 38.2 Å². The first kappa shape index (κ1) is 29.2. The summed E-state index contributed by atoms with van der Waals surface area (Å²) in [7, 11) is 1.97. The number of hydrogen-bond donors (Lipinski definition) is 6. The fourth-order valence-corrected chi connectivity index (χ4v) is 4.99. The maximum absolute atomic E-state index is 14.3. The van der Waals surface area contributed by atoms with Crippen LogP contribution in [-0.2, 0) is 4.79 Å². The van der Waals surface area contributed by atoms with E-state index >= 15 is 0 Å². The molecule has 2 fully saturated rings. The maximum atomic E-state index is 14.3. The lowest BCUT2D eigenvalue weighted by Crippen LogP contribution is -2.51. The van der Waals surface area contributed by atoms with Crippen molar-refractivity contribution in [3.63, 3.8) is 0 Å². The molecular formula is C28H37ClFN7OS. The number of thiol groups is 1. The smallest absolute Gasteiger partial charge is 0.228 e. The molecule has 2 saturated carbocycles. The summed E-state index contributed by atoms with van der Waals surface area (Å²) >= 11 is 10.2. The third-order valence-electron chi connectivity index (χ3n) is 7.44. The lowest BCUT2D eigenvalue weighted by Gasteiger charge is -2.43. The summed E-state index contributed by atoms with van der Waals surface area (Å²) in [5.41, 5.74) is 13.7. The number of rotatable bonds is 12. The zero-order valence-corrected chi connectivity index (χ0v) is 24.0. The van der Waals surface area contributed by atoms with Crippen LogP contribution in [-0.4, -0.2) is 48.5 Å². The Morgan fingerprint density at radius 2 is 2.00 bits per heavy atom. The normalized spacial score (nSPS) is 20.7. The zero-order valence-electron chi connectivity index (χ0n) is 22.3. The van der Waals surface area contributed by atoms with Gasteiger partial charge in [0, 0.05) is 65.8 Å². The number of likely N-dealkylation sites (N-methyl/N-ethyl adjacent to an activating group) is 1. The molecule has 0 bridgehead atoms. The first-order valence-corrected chi connectivity index (χ1v) is 13.9. The molecule has 210 valence electrons. The van der Waals surface area contributed by atoms with E-state index in [0.29, 0.717) is 33.7 Å². The highest BCUT2D eigenvalue weighted by molar-refractivity contribution is 7.84. The van der Waals surface area contributed by atoms with Crippen LogP contribution in [0.2, 0.25) is 5.02 Å². The SMILES string of the molecule is CNCCN(CC1(C)CC1)C1CC(C(=O)Nc2cc(NC(/C=C(\N)c3cc(Cl)ccc3F)=C(/N)S)ccn2)C1. The van der Waals surface area contributed by atoms with Gasteiger partial charge in [0.2, 0.25) is 5.91 Å². The second-order valence-corrected chi connectivity index (χ2v) is 11.7. The first-order chi connectivity index (χ1) is 18.6. The number of halogens is 2. The van der Waals surface area contributed by atoms with E-state index in [4.69, 9.17) is 23.1 Å². The number of carbonyl (C=O) groups is 1. The molecule has 7 N–H and O–H groups in total. The van der Waals surface area contributed by atoms with Crippen LogP contribution in [0.3, 0.4) is 0 Å². The van der Waals surface area contributed by atoms with Gasteiger partial charge in [0.15, 0.2) is 0 Å². The molecule has 0 spiro atoms. The lowest BCUT2D eigenvalue weighted by molar-refractivity contribution is -0.124. The summed E-state index contributed by atoms with van der Waals surface area (Å²) in [5.74, 6) is -0.173. The average molecular weight is 574 g/mol. The number of allylic oxidation sites excluding steroid dienone is 1. The Bertz CT molecular complexity index is 1260. The van der Waals surface area contributed by atoms with Crippen LogP contribution in [0.4, 0.5) is 15.9 Å². The van der Waals surface area contributed by atoms with E-state index in [2.05, 4.69) is 45.4 Å². The number of carbonyl (C=O) groups excluding carboxylic acids is 1. The molecule has 1 heterocycles. The molecule has 39 heavy (non-hydrogen) atoms. The number of nitrogens with one attached hydrogen (secondary N) is 3. The second-order valence-electron chi connectivity index (χ2n) is 10.8. The van der Waals surface area contributed by atoms with Gasteiger partial charge >= 0.3 is 0 Å². The minimum Gasteiger partial charge on any atom is -0.398 e. The summed E-state index contributed by atoms with van der Waals surface area (Å²) in [4.78, 5) is 19.8. The van der Waals surface area contributed by atoms with Crippen LogP contribution in [0.25, 0.3) is 5.70 Å². The number of nitrogens with zero attached hydrogens (tertiary/aromatic N) is 2. The van der Waals surface area contributed by atoms with Crippen LogP contribution < -0.4 is 27.4 Å². The number of amides is 1. The van der Waals surface area contributed by atoms with Crippen molar-refractivity contribution in [3.8, 4) is 0 Å². The lowest BCUT2D eigenvalue weighted by atomic mass is 9.78. The Morgan fingerprint density at radius 1 is 1.26 bits per heavy atom. The quantitative estimate of drug-likeness (QED) is 0.165. The number of benzene rings is 1. The van der Waals surface area contributed by atoms with Crippen LogP contribution >= 0.6 is 24.2 Å². The summed E-state index contributed by atoms with van der Waals surface area (Å²) in [6.45, 7) is 5.37. The van der Waals surface area contributed by atoms with Gasteiger partial charge in [-0.2, -0.15) is 0 Å². The predicted molar refractivity (Wildman–Crippen MR) is 160 cm³/mol. The third-order valence-corrected chi connectivity index (χ3v) is 7.92. The Balaban J connectivity index is 1.37. The second kappa shape index (κ2) is 12.6. The van der Waals surface area contributed by atoms with Gasteiger partial charge in [-0.15, -0.1) is 12.6 Å². The maximum Gasteiger partial charge on any atom is 0.228 e. The van der Waals surface area contributed by atoms with E-state index in [1.54, 1.807) is 18.3 Å². The van der Waals surface area contributed by atoms with Crippen LogP contribution in [0.5, 0.6) is 0 Å². The largest absolute Gasteiger partial charge is 0.398 e. The van der Waals surface area contributed by atoms with Crippen LogP contribution in [0.15, 0.2) is 53.3 Å². The van der Waals surface area contributed by atoms with Crippen molar-refractivity contribution < 1.29 is 9.18 Å². The van der Waals surface area contributed by atoms with Crippen molar-refractivity contribution in [1.82, 2.24) is 15.2 Å². The molecule has 4 rings (SSSR count). The Labute approximate surface area is 239 Å². The molecule has 0 aliphatic heterocycles. The van der Waals surface area contributed by atoms with E-state index in [0.717, 1.165) is 32.5 Å². The number of anilines is 2. The highest BCUT2D eigenvalue weighted by atomic mass is 35.5. The van der Waals surface area contributed by atoms with Gasteiger partial charge in [0.05, 0.1) is 10.7 Å². The van der Waals surface area contributed by atoms with E-state index in [1.165, 1.54) is 37.1 Å². The van der Waals surface area contributed by atoms with E-state index in [-0.39, 0.29) is 28.1 Å². The van der Waals surface area contributed by atoms with Gasteiger partial charge in [-0.05, 0) is 68.5 Å². The first-order valence-electron chi connectivity index (χ1n) is 13.1. The average Bonchev–Trinajstić information content (AvgIpc) is 3.59. The van der Waals surface area contributed by atoms with E-state index in [1.807, 2.05) is 7.05 Å². The van der Waals surface area contributed by atoms with E-state index < -0.39 is 5.82 Å². The molecule has 8 nitrogen and oxygen atoms in total. The van der Waals surface area contributed by atoms with Crippen molar-refractivity contribution in [3.05, 3.63) is 69.7 Å². The topological polar surface area (TPSA) is 121 Å². The molecule has 11 heteroatoms. The number of hydrogen-bond acceptors (Lipinski definition) is 8. The minimum absolute atomic E-state index is 0.0350. The fourth-order valence-electron chi connectivity index (χ4n) is 4.69. The summed E-state index contributed by atoms with van der Waals surface area (Å²) in [6.07, 6.45) is 7.31. The summed E-state index contributed by atoms with van der Waals surface area (Å²) < 4.78 is 14.3. The Hall–Kier alpha value is -2.79. The number of aromatic nitrogens is 1. The monoisotopic (exact) mass is 573 g/mol.